The van der Waals surface area contributed by atoms with Gasteiger partial charge in [0.25, 0.3) is 0 Å². The lowest BCUT2D eigenvalue weighted by molar-refractivity contribution is 0.311. The van der Waals surface area contributed by atoms with Crippen LogP contribution in [0.4, 0.5) is 0 Å². The predicted molar refractivity (Wildman–Crippen MR) is 75.0 cm³/mol. The highest BCUT2D eigenvalue weighted by atomic mass is 16.5. The Bertz CT molecular complexity index is 443. The minimum atomic E-state index is 0.335. The van der Waals surface area contributed by atoms with E-state index in [-0.39, 0.29) is 0 Å². The van der Waals surface area contributed by atoms with Crippen molar-refractivity contribution in [3.63, 3.8) is 0 Å². The molecule has 0 spiro atoms. The molecule has 2 atom stereocenters. The van der Waals surface area contributed by atoms with Gasteiger partial charge in [0.15, 0.2) is 5.82 Å². The van der Waals surface area contributed by atoms with Crippen molar-refractivity contribution in [1.82, 2.24) is 10.1 Å². The number of rotatable bonds is 3. The minimum absolute atomic E-state index is 0.335. The van der Waals surface area contributed by atoms with Gasteiger partial charge in [0.2, 0.25) is 5.89 Å². The molecule has 1 aromatic heterocycles. The molecule has 2 fully saturated rings. The highest BCUT2D eigenvalue weighted by Gasteiger charge is 2.61. The Labute approximate surface area is 116 Å². The first-order valence-corrected chi connectivity index (χ1v) is 7.85. The molecule has 2 aliphatic carbocycles. The molecule has 106 valence electrons. The van der Waals surface area contributed by atoms with Gasteiger partial charge in [-0.3, -0.25) is 0 Å². The third-order valence-electron chi connectivity index (χ3n) is 5.32. The normalized spacial score (nSPS) is 30.8. The molecule has 0 aliphatic heterocycles. The van der Waals surface area contributed by atoms with Crippen molar-refractivity contribution in [2.75, 3.05) is 0 Å². The van der Waals surface area contributed by atoms with E-state index in [0.29, 0.717) is 29.1 Å². The molecule has 0 radical (unpaired) electrons. The smallest absolute Gasteiger partial charge is 0.229 e. The Kier molecular flexibility index (Phi) is 3.18. The third kappa shape index (κ3) is 2.21. The second-order valence-corrected chi connectivity index (χ2v) is 7.39. The van der Waals surface area contributed by atoms with E-state index in [1.54, 1.807) is 0 Å². The van der Waals surface area contributed by atoms with Crippen molar-refractivity contribution in [1.29, 1.82) is 0 Å². The quantitative estimate of drug-likeness (QED) is 0.804. The Morgan fingerprint density at radius 3 is 2.42 bits per heavy atom. The topological polar surface area (TPSA) is 38.9 Å². The molecule has 0 amide bonds. The van der Waals surface area contributed by atoms with E-state index in [1.807, 2.05) is 0 Å². The Balaban J connectivity index is 1.75. The summed E-state index contributed by atoms with van der Waals surface area (Å²) in [6, 6.07) is 0. The average molecular weight is 262 g/mol. The number of aromatic nitrogens is 2. The molecule has 2 aliphatic rings. The van der Waals surface area contributed by atoms with Crippen molar-refractivity contribution in [3.8, 4) is 0 Å². The monoisotopic (exact) mass is 262 g/mol. The van der Waals surface area contributed by atoms with Crippen LogP contribution in [-0.2, 0) is 0 Å². The maximum absolute atomic E-state index is 5.57. The molecule has 0 bridgehead atoms. The lowest BCUT2D eigenvalue weighted by Crippen LogP contribution is -2.05. The third-order valence-corrected chi connectivity index (χ3v) is 5.32. The summed E-state index contributed by atoms with van der Waals surface area (Å²) in [7, 11) is 0. The van der Waals surface area contributed by atoms with E-state index < -0.39 is 0 Å². The van der Waals surface area contributed by atoms with Gasteiger partial charge >= 0.3 is 0 Å². The zero-order valence-electron chi connectivity index (χ0n) is 12.6. The SMILES string of the molecule is CC(C)[C@@H]1[C@@H](c2noc(C3CCCCC3)n2)C1(C)C. The molecule has 1 aromatic rings. The van der Waals surface area contributed by atoms with E-state index in [4.69, 9.17) is 9.51 Å². The number of nitrogens with zero attached hydrogens (tertiary/aromatic N) is 2. The van der Waals surface area contributed by atoms with Crippen LogP contribution in [-0.4, -0.2) is 10.1 Å². The fraction of sp³-hybridized carbons (Fsp3) is 0.875. The van der Waals surface area contributed by atoms with E-state index in [2.05, 4.69) is 32.9 Å². The highest BCUT2D eigenvalue weighted by molar-refractivity contribution is 5.21. The van der Waals surface area contributed by atoms with Crippen LogP contribution in [0.5, 0.6) is 0 Å². The first-order chi connectivity index (χ1) is 9.01. The minimum Gasteiger partial charge on any atom is -0.339 e. The maximum atomic E-state index is 5.57. The van der Waals surface area contributed by atoms with Crippen LogP contribution < -0.4 is 0 Å². The maximum Gasteiger partial charge on any atom is 0.229 e. The lowest BCUT2D eigenvalue weighted by Gasteiger charge is -2.17. The van der Waals surface area contributed by atoms with Crippen LogP contribution in [0.1, 0.15) is 83.3 Å². The van der Waals surface area contributed by atoms with Crippen molar-refractivity contribution < 1.29 is 4.52 Å². The van der Waals surface area contributed by atoms with Gasteiger partial charge < -0.3 is 4.52 Å². The fourth-order valence-electron chi connectivity index (χ4n) is 4.30. The summed E-state index contributed by atoms with van der Waals surface area (Å²) in [4.78, 5) is 4.75. The number of hydrogen-bond donors (Lipinski definition) is 0. The van der Waals surface area contributed by atoms with Gasteiger partial charge in [-0.2, -0.15) is 4.98 Å². The fourth-order valence-corrected chi connectivity index (χ4v) is 4.30. The Morgan fingerprint density at radius 2 is 1.84 bits per heavy atom. The van der Waals surface area contributed by atoms with Gasteiger partial charge in [0.1, 0.15) is 0 Å². The van der Waals surface area contributed by atoms with Gasteiger partial charge in [0, 0.05) is 11.8 Å². The number of hydrogen-bond acceptors (Lipinski definition) is 3. The van der Waals surface area contributed by atoms with E-state index in [1.165, 1.54) is 32.1 Å². The lowest BCUT2D eigenvalue weighted by atomic mass is 9.89. The molecule has 3 nitrogen and oxygen atoms in total. The van der Waals surface area contributed by atoms with E-state index >= 15 is 0 Å². The summed E-state index contributed by atoms with van der Waals surface area (Å²) in [6.07, 6.45) is 6.44. The van der Waals surface area contributed by atoms with Crippen LogP contribution in [0.3, 0.4) is 0 Å². The van der Waals surface area contributed by atoms with Gasteiger partial charge in [-0.1, -0.05) is 52.1 Å². The van der Waals surface area contributed by atoms with Crippen LogP contribution in [0.25, 0.3) is 0 Å². The highest BCUT2D eigenvalue weighted by Crippen LogP contribution is 2.66. The van der Waals surface area contributed by atoms with Gasteiger partial charge in [-0.25, -0.2) is 0 Å². The van der Waals surface area contributed by atoms with E-state index in [0.717, 1.165) is 11.7 Å². The van der Waals surface area contributed by atoms with Gasteiger partial charge in [0.05, 0.1) is 0 Å². The summed E-state index contributed by atoms with van der Waals surface area (Å²) in [6.45, 7) is 9.26. The van der Waals surface area contributed by atoms with Crippen molar-refractivity contribution >= 4 is 0 Å². The largest absolute Gasteiger partial charge is 0.339 e. The van der Waals surface area contributed by atoms with Crippen molar-refractivity contribution in [2.45, 2.75) is 71.6 Å². The second-order valence-electron chi connectivity index (χ2n) is 7.39. The molecule has 3 heteroatoms. The van der Waals surface area contributed by atoms with Crippen LogP contribution in [0.15, 0.2) is 4.52 Å². The zero-order chi connectivity index (χ0) is 13.6. The molecule has 0 aromatic carbocycles. The molecule has 0 unspecified atom stereocenters. The summed E-state index contributed by atoms with van der Waals surface area (Å²) in [5.41, 5.74) is 0.335. The predicted octanol–water partition coefficient (Wildman–Crippen LogP) is 4.51. The van der Waals surface area contributed by atoms with Crippen LogP contribution >= 0.6 is 0 Å². The molecule has 1 heterocycles. The zero-order valence-corrected chi connectivity index (χ0v) is 12.6. The van der Waals surface area contributed by atoms with Crippen molar-refractivity contribution in [3.05, 3.63) is 11.7 Å². The summed E-state index contributed by atoms with van der Waals surface area (Å²) < 4.78 is 5.57. The summed E-state index contributed by atoms with van der Waals surface area (Å²) in [5, 5.41) is 4.30. The molecule has 0 N–H and O–H groups in total. The molecular formula is C16H26N2O. The molecule has 3 rings (SSSR count). The van der Waals surface area contributed by atoms with Crippen LogP contribution in [0, 0.1) is 17.3 Å². The molecule has 19 heavy (non-hydrogen) atoms. The van der Waals surface area contributed by atoms with Crippen molar-refractivity contribution in [2.24, 2.45) is 17.3 Å². The van der Waals surface area contributed by atoms with Crippen LogP contribution in [0.2, 0.25) is 0 Å². The molecule has 0 saturated heterocycles. The van der Waals surface area contributed by atoms with Gasteiger partial charge in [-0.15, -0.1) is 0 Å². The molecular weight excluding hydrogens is 236 g/mol. The first-order valence-electron chi connectivity index (χ1n) is 7.85. The van der Waals surface area contributed by atoms with Gasteiger partial charge in [-0.05, 0) is 30.1 Å². The Hall–Kier alpha value is -0.860. The summed E-state index contributed by atoms with van der Waals surface area (Å²) >= 11 is 0. The first kappa shape index (κ1) is 13.1. The standard InChI is InChI=1S/C16H26N2O/c1-10(2)12-13(16(12,3)4)14-17-15(19-18-14)11-8-6-5-7-9-11/h10-13H,5-9H2,1-4H3/t12-,13+/m1/s1. The second kappa shape index (κ2) is 4.60. The Morgan fingerprint density at radius 1 is 1.16 bits per heavy atom. The molecule has 2 saturated carbocycles. The van der Waals surface area contributed by atoms with E-state index in [9.17, 15) is 0 Å². The summed E-state index contributed by atoms with van der Waals surface area (Å²) in [5.74, 6) is 4.27. The average Bonchev–Trinajstić information content (AvgIpc) is 2.76.